The maximum absolute atomic E-state index is 11.9. The number of hydrogen-bond acceptors (Lipinski definition) is 3. The van der Waals surface area contributed by atoms with Crippen LogP contribution in [0.5, 0.6) is 5.75 Å². The van der Waals surface area contributed by atoms with Crippen LogP contribution in [0.3, 0.4) is 0 Å². The van der Waals surface area contributed by atoms with Gasteiger partial charge < -0.3 is 15.4 Å². The molecule has 4 nitrogen and oxygen atoms in total. The maximum atomic E-state index is 11.9. The molecule has 0 spiro atoms. The molecular formula is C15H24N2O2. The molecule has 1 amide bonds. The molecule has 106 valence electrons. The van der Waals surface area contributed by atoms with Crippen molar-refractivity contribution in [3.8, 4) is 5.75 Å². The third kappa shape index (κ3) is 5.30. The predicted octanol–water partition coefficient (Wildman–Crippen LogP) is 1.60. The molecule has 0 heterocycles. The molecule has 0 aliphatic heterocycles. The van der Waals surface area contributed by atoms with E-state index in [1.807, 2.05) is 38.2 Å². The van der Waals surface area contributed by atoms with Crippen molar-refractivity contribution in [3.63, 3.8) is 0 Å². The van der Waals surface area contributed by atoms with Crippen LogP contribution < -0.4 is 15.4 Å². The van der Waals surface area contributed by atoms with E-state index in [4.69, 9.17) is 4.74 Å². The van der Waals surface area contributed by atoms with E-state index in [0.717, 1.165) is 25.1 Å². The second kappa shape index (κ2) is 8.53. The summed E-state index contributed by atoms with van der Waals surface area (Å²) in [6.07, 6.45) is 1.70. The summed E-state index contributed by atoms with van der Waals surface area (Å²) in [5.74, 6) is 1.04. The molecule has 0 aliphatic carbocycles. The molecule has 4 heteroatoms. The zero-order valence-electron chi connectivity index (χ0n) is 12.0. The Morgan fingerprint density at radius 3 is 2.53 bits per heavy atom. The molecule has 1 unspecified atom stereocenters. The minimum atomic E-state index is 0.0564. The molecule has 0 saturated heterocycles. The van der Waals surface area contributed by atoms with Gasteiger partial charge in [-0.25, -0.2) is 0 Å². The number of rotatable bonds is 8. The molecule has 0 saturated carbocycles. The highest BCUT2D eigenvalue weighted by molar-refractivity contribution is 5.78. The van der Waals surface area contributed by atoms with Crippen LogP contribution in [0, 0.1) is 5.92 Å². The van der Waals surface area contributed by atoms with Crippen LogP contribution in [0.25, 0.3) is 0 Å². The summed E-state index contributed by atoms with van der Waals surface area (Å²) in [6, 6.07) is 7.92. The first-order chi connectivity index (χ1) is 9.21. The van der Waals surface area contributed by atoms with E-state index in [-0.39, 0.29) is 11.8 Å². The van der Waals surface area contributed by atoms with Crippen molar-refractivity contribution in [2.75, 3.05) is 27.2 Å². The normalized spacial score (nSPS) is 11.9. The minimum absolute atomic E-state index is 0.0564. The molecule has 0 fully saturated rings. The maximum Gasteiger partial charge on any atom is 0.224 e. The van der Waals surface area contributed by atoms with Crippen LogP contribution in [-0.4, -0.2) is 33.2 Å². The van der Waals surface area contributed by atoms with Crippen LogP contribution >= 0.6 is 0 Å². The monoisotopic (exact) mass is 264 g/mol. The molecule has 1 rings (SSSR count). The summed E-state index contributed by atoms with van der Waals surface area (Å²) in [6.45, 7) is 3.43. The largest absolute Gasteiger partial charge is 0.497 e. The smallest absolute Gasteiger partial charge is 0.224 e. The Kier molecular flexibility index (Phi) is 6.97. The highest BCUT2D eigenvalue weighted by Crippen LogP contribution is 2.11. The van der Waals surface area contributed by atoms with Crippen molar-refractivity contribution >= 4 is 5.91 Å². The number of carbonyl (C=O) groups is 1. The van der Waals surface area contributed by atoms with Gasteiger partial charge in [0.1, 0.15) is 5.75 Å². The van der Waals surface area contributed by atoms with Gasteiger partial charge in [-0.1, -0.05) is 19.1 Å². The second-order valence-corrected chi connectivity index (χ2v) is 4.55. The van der Waals surface area contributed by atoms with Crippen molar-refractivity contribution in [3.05, 3.63) is 29.8 Å². The zero-order chi connectivity index (χ0) is 14.1. The molecule has 0 bridgehead atoms. The van der Waals surface area contributed by atoms with Gasteiger partial charge in [-0.15, -0.1) is 0 Å². The Morgan fingerprint density at radius 2 is 2.00 bits per heavy atom. The van der Waals surface area contributed by atoms with Crippen LogP contribution in [0.2, 0.25) is 0 Å². The number of methoxy groups -OCH3 is 1. The third-order valence-corrected chi connectivity index (χ3v) is 3.19. The minimum Gasteiger partial charge on any atom is -0.497 e. The highest BCUT2D eigenvalue weighted by Gasteiger charge is 2.14. The Bertz CT molecular complexity index is 376. The molecule has 0 radical (unpaired) electrons. The molecule has 2 N–H and O–H groups in total. The van der Waals surface area contributed by atoms with E-state index in [1.165, 1.54) is 5.56 Å². The molecule has 1 aromatic carbocycles. The van der Waals surface area contributed by atoms with Gasteiger partial charge in [0.05, 0.1) is 13.0 Å². The molecular weight excluding hydrogens is 240 g/mol. The van der Waals surface area contributed by atoms with E-state index >= 15 is 0 Å². The number of benzene rings is 1. The second-order valence-electron chi connectivity index (χ2n) is 4.55. The number of ether oxygens (including phenoxy) is 1. The molecule has 0 aliphatic rings. The Hall–Kier alpha value is -1.55. The fourth-order valence-electron chi connectivity index (χ4n) is 1.94. The summed E-state index contributed by atoms with van der Waals surface area (Å²) >= 11 is 0. The number of hydrogen-bond donors (Lipinski definition) is 2. The number of amides is 1. The lowest BCUT2D eigenvalue weighted by atomic mass is 10.1. The van der Waals surface area contributed by atoms with Crippen molar-refractivity contribution in [1.29, 1.82) is 0 Å². The molecule has 1 aromatic rings. The van der Waals surface area contributed by atoms with Gasteiger partial charge in [-0.2, -0.15) is 0 Å². The summed E-state index contributed by atoms with van der Waals surface area (Å²) in [5, 5.41) is 6.03. The van der Waals surface area contributed by atoms with Gasteiger partial charge in [-0.3, -0.25) is 4.79 Å². The highest BCUT2D eigenvalue weighted by atomic mass is 16.5. The van der Waals surface area contributed by atoms with Gasteiger partial charge in [0, 0.05) is 13.1 Å². The van der Waals surface area contributed by atoms with Crippen molar-refractivity contribution in [2.24, 2.45) is 5.92 Å². The van der Waals surface area contributed by atoms with E-state index in [9.17, 15) is 4.79 Å². The quantitative estimate of drug-likeness (QED) is 0.750. The zero-order valence-corrected chi connectivity index (χ0v) is 12.0. The molecule has 0 aromatic heterocycles. The Morgan fingerprint density at radius 1 is 1.32 bits per heavy atom. The van der Waals surface area contributed by atoms with Crippen molar-refractivity contribution < 1.29 is 9.53 Å². The molecule has 19 heavy (non-hydrogen) atoms. The first-order valence-corrected chi connectivity index (χ1v) is 6.76. The van der Waals surface area contributed by atoms with Gasteiger partial charge >= 0.3 is 0 Å². The van der Waals surface area contributed by atoms with Crippen LogP contribution in [0.15, 0.2) is 24.3 Å². The average molecular weight is 264 g/mol. The predicted molar refractivity (Wildman–Crippen MR) is 77.4 cm³/mol. The van der Waals surface area contributed by atoms with Crippen molar-refractivity contribution in [1.82, 2.24) is 10.6 Å². The number of nitrogens with one attached hydrogen (secondary N) is 2. The summed E-state index contributed by atoms with van der Waals surface area (Å²) < 4.78 is 5.11. The summed E-state index contributed by atoms with van der Waals surface area (Å²) in [5.41, 5.74) is 1.20. The first-order valence-electron chi connectivity index (χ1n) is 6.76. The lowest BCUT2D eigenvalue weighted by molar-refractivity contribution is -0.124. The van der Waals surface area contributed by atoms with Crippen molar-refractivity contribution in [2.45, 2.75) is 19.8 Å². The van der Waals surface area contributed by atoms with Crippen LogP contribution in [0.4, 0.5) is 0 Å². The van der Waals surface area contributed by atoms with Gasteiger partial charge in [0.15, 0.2) is 0 Å². The Labute approximate surface area is 115 Å². The lowest BCUT2D eigenvalue weighted by Crippen LogP contribution is -2.36. The number of carbonyl (C=O) groups excluding carboxylic acids is 1. The van der Waals surface area contributed by atoms with Crippen LogP contribution in [-0.2, 0) is 11.2 Å². The van der Waals surface area contributed by atoms with Gasteiger partial charge in [-0.05, 0) is 37.6 Å². The van der Waals surface area contributed by atoms with E-state index in [2.05, 4.69) is 10.6 Å². The van der Waals surface area contributed by atoms with Gasteiger partial charge in [0.2, 0.25) is 5.91 Å². The van der Waals surface area contributed by atoms with E-state index in [1.54, 1.807) is 7.11 Å². The van der Waals surface area contributed by atoms with Gasteiger partial charge in [0.25, 0.3) is 0 Å². The standard InChI is InChI=1S/C15H24N2O2/c1-4-13(11-16-2)15(18)17-10-9-12-5-7-14(19-3)8-6-12/h5-8,13,16H,4,9-11H2,1-3H3,(H,17,18). The lowest BCUT2D eigenvalue weighted by Gasteiger charge is -2.14. The Balaban J connectivity index is 2.34. The fourth-order valence-corrected chi connectivity index (χ4v) is 1.94. The fraction of sp³-hybridized carbons (Fsp3) is 0.533. The topological polar surface area (TPSA) is 50.4 Å². The summed E-state index contributed by atoms with van der Waals surface area (Å²) in [4.78, 5) is 11.9. The van der Waals surface area contributed by atoms with E-state index in [0.29, 0.717) is 6.54 Å². The average Bonchev–Trinajstić information content (AvgIpc) is 2.45. The summed E-state index contributed by atoms with van der Waals surface area (Å²) in [7, 11) is 3.52. The van der Waals surface area contributed by atoms with Crippen LogP contribution in [0.1, 0.15) is 18.9 Å². The third-order valence-electron chi connectivity index (χ3n) is 3.19. The SMILES string of the molecule is CCC(CNC)C(=O)NCCc1ccc(OC)cc1. The van der Waals surface area contributed by atoms with E-state index < -0.39 is 0 Å². The molecule has 1 atom stereocenters. The first kappa shape index (κ1) is 15.5.